The number of fused-ring (bicyclic) bond motifs is 1. The Hall–Kier alpha value is -2.77. The van der Waals surface area contributed by atoms with Gasteiger partial charge in [-0.15, -0.1) is 0 Å². The quantitative estimate of drug-likeness (QED) is 0.661. The van der Waals surface area contributed by atoms with Gasteiger partial charge in [0.25, 0.3) is 11.5 Å². The molecule has 0 radical (unpaired) electrons. The third kappa shape index (κ3) is 3.75. The minimum Gasteiger partial charge on any atom is -0.335 e. The summed E-state index contributed by atoms with van der Waals surface area (Å²) in [5.74, 6) is -0.530. The molecule has 1 aromatic heterocycles. The molecule has 29 heavy (non-hydrogen) atoms. The fourth-order valence-corrected chi connectivity index (χ4v) is 3.85. The molecule has 1 aliphatic rings. The molecule has 2 aromatic carbocycles. The van der Waals surface area contributed by atoms with Gasteiger partial charge in [0, 0.05) is 55.7 Å². The number of hydrogen-bond donors (Lipinski definition) is 0. The lowest BCUT2D eigenvalue weighted by Gasteiger charge is -2.34. The Kier molecular flexibility index (Phi) is 5.34. The summed E-state index contributed by atoms with van der Waals surface area (Å²) in [6.07, 6.45) is 0. The highest BCUT2D eigenvalue weighted by atomic mass is 35.5. The Morgan fingerprint density at radius 3 is 2.45 bits per heavy atom. The number of aryl methyl sites for hydroxylation is 1. The summed E-state index contributed by atoms with van der Waals surface area (Å²) in [5, 5.41) is 5.66. The van der Waals surface area contributed by atoms with Crippen molar-refractivity contribution < 1.29 is 9.18 Å². The lowest BCUT2D eigenvalue weighted by molar-refractivity contribution is 0.0621. The smallest absolute Gasteiger partial charge is 0.275 e. The summed E-state index contributed by atoms with van der Waals surface area (Å²) < 4.78 is 15.2. The van der Waals surface area contributed by atoms with Crippen LogP contribution >= 0.6 is 11.6 Å². The Morgan fingerprint density at radius 2 is 1.76 bits per heavy atom. The number of hydrogen-bond acceptors (Lipinski definition) is 4. The van der Waals surface area contributed by atoms with Crippen molar-refractivity contribution in [1.82, 2.24) is 19.6 Å². The van der Waals surface area contributed by atoms with E-state index in [1.54, 1.807) is 48.3 Å². The molecule has 0 aliphatic carbocycles. The average Bonchev–Trinajstić information content (AvgIpc) is 2.73. The highest BCUT2D eigenvalue weighted by Gasteiger charge is 2.26. The lowest BCUT2D eigenvalue weighted by Crippen LogP contribution is -2.48. The number of carbonyl (C=O) groups is 1. The van der Waals surface area contributed by atoms with Crippen LogP contribution in [0.5, 0.6) is 0 Å². The summed E-state index contributed by atoms with van der Waals surface area (Å²) >= 11 is 6.12. The van der Waals surface area contributed by atoms with Crippen LogP contribution in [0.3, 0.4) is 0 Å². The van der Waals surface area contributed by atoms with Gasteiger partial charge >= 0.3 is 0 Å². The summed E-state index contributed by atoms with van der Waals surface area (Å²) in [6.45, 7) is 2.57. The van der Waals surface area contributed by atoms with E-state index in [1.165, 1.54) is 10.7 Å². The van der Waals surface area contributed by atoms with Gasteiger partial charge in [-0.2, -0.15) is 5.10 Å². The van der Waals surface area contributed by atoms with Crippen molar-refractivity contribution in [2.24, 2.45) is 7.05 Å². The molecule has 0 N–H and O–H groups in total. The SMILES string of the molecule is Cn1nc(C(=O)N2CCN(Cc3c(F)cccc3Cl)CC2)c2ccccc2c1=O. The van der Waals surface area contributed by atoms with Crippen molar-refractivity contribution in [1.29, 1.82) is 0 Å². The number of rotatable bonds is 3. The zero-order valence-corrected chi connectivity index (χ0v) is 16.7. The molecule has 150 valence electrons. The molecule has 1 saturated heterocycles. The van der Waals surface area contributed by atoms with Gasteiger partial charge in [-0.25, -0.2) is 9.07 Å². The number of nitrogens with zero attached hydrogens (tertiary/aromatic N) is 4. The van der Waals surface area contributed by atoms with Crippen LogP contribution in [0.25, 0.3) is 10.8 Å². The van der Waals surface area contributed by atoms with Crippen LogP contribution in [0.15, 0.2) is 47.3 Å². The van der Waals surface area contributed by atoms with Gasteiger partial charge in [-0.05, 0) is 18.2 Å². The van der Waals surface area contributed by atoms with Gasteiger partial charge in [0.05, 0.1) is 5.39 Å². The van der Waals surface area contributed by atoms with Crippen molar-refractivity contribution in [3.63, 3.8) is 0 Å². The first-order valence-corrected chi connectivity index (χ1v) is 9.74. The summed E-state index contributed by atoms with van der Waals surface area (Å²) in [6, 6.07) is 11.7. The Bertz CT molecular complexity index is 1120. The van der Waals surface area contributed by atoms with Gasteiger partial charge < -0.3 is 4.90 Å². The molecule has 0 bridgehead atoms. The van der Waals surface area contributed by atoms with E-state index < -0.39 is 0 Å². The van der Waals surface area contributed by atoms with Gasteiger partial charge in [-0.1, -0.05) is 35.9 Å². The van der Waals surface area contributed by atoms with Gasteiger partial charge in [0.2, 0.25) is 0 Å². The molecule has 0 unspecified atom stereocenters. The largest absolute Gasteiger partial charge is 0.335 e. The molecule has 1 aliphatic heterocycles. The van der Waals surface area contributed by atoms with Crippen LogP contribution in [0.4, 0.5) is 4.39 Å². The first-order valence-electron chi connectivity index (χ1n) is 9.36. The maximum Gasteiger partial charge on any atom is 0.275 e. The minimum absolute atomic E-state index is 0.208. The number of aromatic nitrogens is 2. The van der Waals surface area contributed by atoms with Crippen molar-refractivity contribution in [2.75, 3.05) is 26.2 Å². The second-order valence-corrected chi connectivity index (χ2v) is 7.50. The molecule has 8 heteroatoms. The van der Waals surface area contributed by atoms with Crippen molar-refractivity contribution in [3.05, 3.63) is 74.9 Å². The molecule has 2 heterocycles. The maximum atomic E-state index is 14.0. The Morgan fingerprint density at radius 1 is 1.07 bits per heavy atom. The summed E-state index contributed by atoms with van der Waals surface area (Å²) in [7, 11) is 1.54. The standard InChI is InChI=1S/C21H20ClFN4O2/c1-25-20(28)15-6-3-2-5-14(15)19(24-25)21(29)27-11-9-26(10-12-27)13-16-17(22)7-4-8-18(16)23/h2-8H,9-13H2,1H3. The maximum absolute atomic E-state index is 14.0. The molecule has 1 fully saturated rings. The molecule has 3 aromatic rings. The van der Waals surface area contributed by atoms with E-state index in [2.05, 4.69) is 10.00 Å². The van der Waals surface area contributed by atoms with Crippen molar-refractivity contribution in [3.8, 4) is 0 Å². The molecule has 0 atom stereocenters. The van der Waals surface area contributed by atoms with E-state index in [9.17, 15) is 14.0 Å². The number of carbonyl (C=O) groups excluding carboxylic acids is 1. The van der Waals surface area contributed by atoms with E-state index >= 15 is 0 Å². The van der Waals surface area contributed by atoms with E-state index in [0.717, 1.165) is 0 Å². The van der Waals surface area contributed by atoms with Crippen LogP contribution < -0.4 is 5.56 Å². The molecular weight excluding hydrogens is 395 g/mol. The van der Waals surface area contributed by atoms with E-state index in [0.29, 0.717) is 54.1 Å². The van der Waals surface area contributed by atoms with E-state index in [-0.39, 0.29) is 23.0 Å². The average molecular weight is 415 g/mol. The highest BCUT2D eigenvalue weighted by Crippen LogP contribution is 2.22. The molecule has 0 saturated carbocycles. The first-order chi connectivity index (χ1) is 14.0. The number of halogens is 2. The van der Waals surface area contributed by atoms with Gasteiger partial charge in [0.15, 0.2) is 5.69 Å². The first kappa shape index (κ1) is 19.5. The Labute approximate surface area is 172 Å². The van der Waals surface area contributed by atoms with Crippen LogP contribution in [-0.2, 0) is 13.6 Å². The molecule has 4 rings (SSSR count). The van der Waals surface area contributed by atoms with Crippen molar-refractivity contribution >= 4 is 28.3 Å². The molecule has 1 amide bonds. The molecule has 6 nitrogen and oxygen atoms in total. The monoisotopic (exact) mass is 414 g/mol. The predicted molar refractivity (Wildman–Crippen MR) is 110 cm³/mol. The number of benzene rings is 2. The number of amides is 1. The summed E-state index contributed by atoms with van der Waals surface area (Å²) in [4.78, 5) is 29.2. The summed E-state index contributed by atoms with van der Waals surface area (Å²) in [5.41, 5.74) is 0.511. The molecular formula is C21H20ClFN4O2. The fourth-order valence-electron chi connectivity index (χ4n) is 3.62. The third-order valence-electron chi connectivity index (χ3n) is 5.26. The fraction of sp³-hybridized carbons (Fsp3) is 0.286. The second-order valence-electron chi connectivity index (χ2n) is 7.09. The topological polar surface area (TPSA) is 58.4 Å². The highest BCUT2D eigenvalue weighted by molar-refractivity contribution is 6.31. The normalized spacial score (nSPS) is 15.1. The molecule has 0 spiro atoms. The minimum atomic E-state index is -0.322. The second kappa shape index (κ2) is 7.93. The Balaban J connectivity index is 1.51. The lowest BCUT2D eigenvalue weighted by atomic mass is 10.1. The van der Waals surface area contributed by atoms with Crippen LogP contribution in [-0.4, -0.2) is 51.7 Å². The zero-order valence-electron chi connectivity index (χ0n) is 15.9. The van der Waals surface area contributed by atoms with Crippen molar-refractivity contribution in [2.45, 2.75) is 6.54 Å². The van der Waals surface area contributed by atoms with Crippen LogP contribution in [0, 0.1) is 5.82 Å². The van der Waals surface area contributed by atoms with Crippen LogP contribution in [0.1, 0.15) is 16.1 Å². The van der Waals surface area contributed by atoms with Gasteiger partial charge in [0.1, 0.15) is 5.82 Å². The number of piperazine rings is 1. The zero-order chi connectivity index (χ0) is 20.5. The predicted octanol–water partition coefficient (Wildman–Crippen LogP) is 2.68. The van der Waals surface area contributed by atoms with E-state index in [1.807, 2.05) is 0 Å². The van der Waals surface area contributed by atoms with E-state index in [4.69, 9.17) is 11.6 Å². The van der Waals surface area contributed by atoms with Gasteiger partial charge in [-0.3, -0.25) is 14.5 Å². The third-order valence-corrected chi connectivity index (χ3v) is 5.62. The van der Waals surface area contributed by atoms with Crippen LogP contribution in [0.2, 0.25) is 5.02 Å².